The Hall–Kier alpha value is -2.30. The van der Waals surface area contributed by atoms with E-state index in [1.807, 2.05) is 16.9 Å². The minimum Gasteiger partial charge on any atom is -0.352 e. The van der Waals surface area contributed by atoms with Crippen LogP contribution in [0, 0.1) is 0 Å². The van der Waals surface area contributed by atoms with Crippen LogP contribution in [0.5, 0.6) is 0 Å². The van der Waals surface area contributed by atoms with Gasteiger partial charge in [0.2, 0.25) is 0 Å². The van der Waals surface area contributed by atoms with Crippen LogP contribution in [0.3, 0.4) is 0 Å². The molecule has 0 fully saturated rings. The molecule has 3 rings (SSSR count). The second-order valence-electron chi connectivity index (χ2n) is 5.06. The van der Waals surface area contributed by atoms with Crippen LogP contribution in [0.25, 0.3) is 0 Å². The number of nitrogens with zero attached hydrogens (tertiary/aromatic N) is 3. The zero-order valence-electron chi connectivity index (χ0n) is 11.6. The number of benzene rings is 1. The van der Waals surface area contributed by atoms with Gasteiger partial charge < -0.3 is 10.6 Å². The predicted molar refractivity (Wildman–Crippen MR) is 79.5 cm³/mol. The van der Waals surface area contributed by atoms with Crippen LogP contribution in [0.4, 0.5) is 0 Å². The normalized spacial score (nSPS) is 17.6. The zero-order chi connectivity index (χ0) is 13.8. The van der Waals surface area contributed by atoms with Crippen molar-refractivity contribution in [2.75, 3.05) is 6.54 Å². The molecule has 0 aliphatic carbocycles. The van der Waals surface area contributed by atoms with Gasteiger partial charge in [0.25, 0.3) is 0 Å². The molecular formula is C15H19N5. The summed E-state index contributed by atoms with van der Waals surface area (Å²) in [5.74, 6) is 0.895. The number of guanidine groups is 1. The van der Waals surface area contributed by atoms with Gasteiger partial charge in [0.1, 0.15) is 0 Å². The fraction of sp³-hybridized carbons (Fsp3) is 0.333. The van der Waals surface area contributed by atoms with Gasteiger partial charge in [-0.1, -0.05) is 24.3 Å². The van der Waals surface area contributed by atoms with Crippen molar-refractivity contribution in [1.29, 1.82) is 0 Å². The molecule has 2 aromatic rings. The Morgan fingerprint density at radius 2 is 2.15 bits per heavy atom. The highest BCUT2D eigenvalue weighted by atomic mass is 15.3. The second kappa shape index (κ2) is 5.77. The molecular weight excluding hydrogens is 250 g/mol. The van der Waals surface area contributed by atoms with Gasteiger partial charge >= 0.3 is 0 Å². The van der Waals surface area contributed by atoms with E-state index in [4.69, 9.17) is 0 Å². The third kappa shape index (κ3) is 2.99. The molecule has 0 spiro atoms. The Bertz CT molecular complexity index is 588. The Balaban J connectivity index is 1.67. The molecule has 2 N–H and O–H groups in total. The molecule has 1 aliphatic rings. The predicted octanol–water partition coefficient (Wildman–Crippen LogP) is 1.37. The van der Waals surface area contributed by atoms with Gasteiger partial charge in [0.05, 0.1) is 13.1 Å². The molecule has 104 valence electrons. The van der Waals surface area contributed by atoms with Gasteiger partial charge in [-0.15, -0.1) is 0 Å². The van der Waals surface area contributed by atoms with Crippen LogP contribution in [0.15, 0.2) is 47.7 Å². The van der Waals surface area contributed by atoms with Gasteiger partial charge in [-0.2, -0.15) is 5.10 Å². The Kier molecular flexibility index (Phi) is 3.67. The average Bonchev–Trinajstić information content (AvgIpc) is 3.10. The lowest BCUT2D eigenvalue weighted by Gasteiger charge is -2.12. The number of aromatic nitrogens is 2. The summed E-state index contributed by atoms with van der Waals surface area (Å²) in [4.78, 5) is 4.41. The first-order valence-corrected chi connectivity index (χ1v) is 6.90. The first-order valence-electron chi connectivity index (χ1n) is 6.90. The number of rotatable bonds is 4. The molecule has 1 unspecified atom stereocenters. The quantitative estimate of drug-likeness (QED) is 0.881. The summed E-state index contributed by atoms with van der Waals surface area (Å²) in [5.41, 5.74) is 2.54. The fourth-order valence-corrected chi connectivity index (χ4v) is 2.29. The number of hydrogen-bond donors (Lipinski definition) is 2. The summed E-state index contributed by atoms with van der Waals surface area (Å²) in [6.45, 7) is 4.54. The molecule has 1 aromatic carbocycles. The maximum absolute atomic E-state index is 4.41. The Labute approximate surface area is 118 Å². The first-order chi connectivity index (χ1) is 9.81. The van der Waals surface area contributed by atoms with Crippen molar-refractivity contribution in [2.24, 2.45) is 4.99 Å². The smallest absolute Gasteiger partial charge is 0.191 e. The van der Waals surface area contributed by atoms with Crippen molar-refractivity contribution in [3.05, 3.63) is 53.9 Å². The highest BCUT2D eigenvalue weighted by molar-refractivity contribution is 5.81. The van der Waals surface area contributed by atoms with Crippen molar-refractivity contribution in [3.8, 4) is 0 Å². The number of nitrogens with one attached hydrogen (secondary N) is 2. The van der Waals surface area contributed by atoms with Crippen LogP contribution < -0.4 is 10.6 Å². The number of aliphatic imine (C=N–C) groups is 1. The molecule has 1 atom stereocenters. The van der Waals surface area contributed by atoms with E-state index in [2.05, 4.69) is 51.9 Å². The Morgan fingerprint density at radius 1 is 1.30 bits per heavy atom. The summed E-state index contributed by atoms with van der Waals surface area (Å²) in [7, 11) is 0. The minimum atomic E-state index is 0.428. The first kappa shape index (κ1) is 12.7. The summed E-state index contributed by atoms with van der Waals surface area (Å²) in [5, 5.41) is 10.9. The van der Waals surface area contributed by atoms with Crippen LogP contribution in [-0.2, 0) is 13.1 Å². The van der Waals surface area contributed by atoms with E-state index in [0.717, 1.165) is 25.6 Å². The molecule has 0 saturated heterocycles. The van der Waals surface area contributed by atoms with E-state index in [1.165, 1.54) is 11.1 Å². The second-order valence-corrected chi connectivity index (χ2v) is 5.06. The van der Waals surface area contributed by atoms with Crippen LogP contribution in [-0.4, -0.2) is 28.3 Å². The van der Waals surface area contributed by atoms with Crippen molar-refractivity contribution in [2.45, 2.75) is 26.1 Å². The molecule has 5 heteroatoms. The van der Waals surface area contributed by atoms with Gasteiger partial charge in [-0.05, 0) is 24.1 Å². The van der Waals surface area contributed by atoms with Crippen molar-refractivity contribution < 1.29 is 0 Å². The monoisotopic (exact) mass is 269 g/mol. The maximum atomic E-state index is 4.41. The Morgan fingerprint density at radius 3 is 2.85 bits per heavy atom. The van der Waals surface area contributed by atoms with Gasteiger partial charge in [0, 0.05) is 25.0 Å². The van der Waals surface area contributed by atoms with Gasteiger partial charge in [-0.3, -0.25) is 9.67 Å². The topological polar surface area (TPSA) is 54.2 Å². The van der Waals surface area contributed by atoms with Crippen LogP contribution in [0.2, 0.25) is 0 Å². The SMILES string of the molecule is CC1CN=C(NCc2ccccc2Cn2cccn2)N1. The molecule has 0 saturated carbocycles. The summed E-state index contributed by atoms with van der Waals surface area (Å²) in [6.07, 6.45) is 3.79. The molecule has 0 radical (unpaired) electrons. The summed E-state index contributed by atoms with van der Waals surface area (Å²) in [6, 6.07) is 10.8. The molecule has 1 aliphatic heterocycles. The zero-order valence-corrected chi connectivity index (χ0v) is 11.6. The largest absolute Gasteiger partial charge is 0.352 e. The lowest BCUT2D eigenvalue weighted by molar-refractivity contribution is 0.677. The van der Waals surface area contributed by atoms with Gasteiger partial charge in [0.15, 0.2) is 5.96 Å². The van der Waals surface area contributed by atoms with Crippen LogP contribution >= 0.6 is 0 Å². The van der Waals surface area contributed by atoms with E-state index < -0.39 is 0 Å². The lowest BCUT2D eigenvalue weighted by Crippen LogP contribution is -2.37. The van der Waals surface area contributed by atoms with E-state index in [9.17, 15) is 0 Å². The maximum Gasteiger partial charge on any atom is 0.191 e. The molecule has 0 bridgehead atoms. The van der Waals surface area contributed by atoms with Crippen molar-refractivity contribution in [3.63, 3.8) is 0 Å². The number of hydrogen-bond acceptors (Lipinski definition) is 4. The van der Waals surface area contributed by atoms with Crippen molar-refractivity contribution in [1.82, 2.24) is 20.4 Å². The molecule has 5 nitrogen and oxygen atoms in total. The van der Waals surface area contributed by atoms with Gasteiger partial charge in [-0.25, -0.2) is 0 Å². The van der Waals surface area contributed by atoms with E-state index in [-0.39, 0.29) is 0 Å². The average molecular weight is 269 g/mol. The molecule has 1 aromatic heterocycles. The molecule has 2 heterocycles. The highest BCUT2D eigenvalue weighted by Crippen LogP contribution is 2.10. The lowest BCUT2D eigenvalue weighted by atomic mass is 10.1. The van der Waals surface area contributed by atoms with Crippen LogP contribution in [0.1, 0.15) is 18.1 Å². The summed E-state index contributed by atoms with van der Waals surface area (Å²) >= 11 is 0. The third-order valence-corrected chi connectivity index (χ3v) is 3.36. The van der Waals surface area contributed by atoms with E-state index >= 15 is 0 Å². The summed E-state index contributed by atoms with van der Waals surface area (Å²) < 4.78 is 1.94. The fourth-order valence-electron chi connectivity index (χ4n) is 2.29. The molecule has 20 heavy (non-hydrogen) atoms. The molecule has 0 amide bonds. The van der Waals surface area contributed by atoms with Crippen molar-refractivity contribution >= 4 is 5.96 Å². The standard InChI is InChI=1S/C15H19N5/c1-12-9-16-15(19-12)17-10-13-5-2-3-6-14(13)11-20-8-4-7-18-20/h2-8,12H,9-11H2,1H3,(H2,16,17,19). The highest BCUT2D eigenvalue weighted by Gasteiger charge is 2.12. The third-order valence-electron chi connectivity index (χ3n) is 3.36. The van der Waals surface area contributed by atoms with E-state index in [1.54, 1.807) is 6.20 Å². The van der Waals surface area contributed by atoms with E-state index in [0.29, 0.717) is 6.04 Å². The minimum absolute atomic E-state index is 0.428.